The Kier molecular flexibility index (Phi) is 3.52. The lowest BCUT2D eigenvalue weighted by molar-refractivity contribution is 0.169. The fourth-order valence-electron chi connectivity index (χ4n) is 1.94. The van der Waals surface area contributed by atoms with E-state index in [1.807, 2.05) is 11.7 Å². The van der Waals surface area contributed by atoms with Gasteiger partial charge in [-0.2, -0.15) is 5.10 Å². The third-order valence-electron chi connectivity index (χ3n) is 3.29. The molecule has 1 aliphatic rings. The fourth-order valence-corrected chi connectivity index (χ4v) is 2.30. The van der Waals surface area contributed by atoms with Crippen molar-refractivity contribution in [3.63, 3.8) is 0 Å². The molecule has 4 nitrogen and oxygen atoms in total. The number of hydrogen-bond donors (Lipinski definition) is 1. The topological polar surface area (TPSA) is 33.1 Å². The van der Waals surface area contributed by atoms with Crippen molar-refractivity contribution in [1.29, 1.82) is 0 Å². The molecule has 0 radical (unpaired) electrons. The highest BCUT2D eigenvalue weighted by Crippen LogP contribution is 2.22. The maximum atomic E-state index is 6.31. The van der Waals surface area contributed by atoms with Crippen LogP contribution in [0.5, 0.6) is 0 Å². The normalized spacial score (nSPS) is 16.8. The van der Waals surface area contributed by atoms with E-state index in [-0.39, 0.29) is 0 Å². The SMILES string of the molecule is CCc1nn(C)c(CN(C)C2CNC2)c1Cl. The molecule has 2 rings (SSSR count). The van der Waals surface area contributed by atoms with Crippen LogP contribution in [-0.4, -0.2) is 40.9 Å². The Morgan fingerprint density at radius 2 is 2.25 bits per heavy atom. The van der Waals surface area contributed by atoms with E-state index in [4.69, 9.17) is 11.6 Å². The Morgan fingerprint density at radius 3 is 2.69 bits per heavy atom. The summed E-state index contributed by atoms with van der Waals surface area (Å²) < 4.78 is 1.91. The summed E-state index contributed by atoms with van der Waals surface area (Å²) in [5.74, 6) is 0. The van der Waals surface area contributed by atoms with Gasteiger partial charge in [-0.05, 0) is 13.5 Å². The largest absolute Gasteiger partial charge is 0.314 e. The molecule has 1 aromatic heterocycles. The van der Waals surface area contributed by atoms with Crippen LogP contribution in [0.2, 0.25) is 5.02 Å². The lowest BCUT2D eigenvalue weighted by Crippen LogP contribution is -2.55. The van der Waals surface area contributed by atoms with Crippen molar-refractivity contribution in [2.24, 2.45) is 7.05 Å². The third-order valence-corrected chi connectivity index (χ3v) is 3.72. The minimum Gasteiger partial charge on any atom is -0.314 e. The molecular formula is C11H19ClN4. The molecule has 1 saturated heterocycles. The predicted octanol–water partition coefficient (Wildman–Crippen LogP) is 1.04. The Hall–Kier alpha value is -0.580. The summed E-state index contributed by atoms with van der Waals surface area (Å²) in [4.78, 5) is 2.33. The predicted molar refractivity (Wildman–Crippen MR) is 65.7 cm³/mol. The van der Waals surface area contributed by atoms with Crippen LogP contribution in [0.1, 0.15) is 18.3 Å². The summed E-state index contributed by atoms with van der Waals surface area (Å²) in [7, 11) is 4.10. The van der Waals surface area contributed by atoms with Crippen LogP contribution >= 0.6 is 11.6 Å². The average Bonchev–Trinajstić information content (AvgIpc) is 2.42. The molecule has 0 aromatic carbocycles. The third kappa shape index (κ3) is 2.10. The molecule has 0 atom stereocenters. The van der Waals surface area contributed by atoms with E-state index in [0.717, 1.165) is 42.5 Å². The molecule has 0 bridgehead atoms. The van der Waals surface area contributed by atoms with Crippen LogP contribution in [0.15, 0.2) is 0 Å². The van der Waals surface area contributed by atoms with Crippen molar-refractivity contribution in [2.45, 2.75) is 25.9 Å². The van der Waals surface area contributed by atoms with Gasteiger partial charge in [0, 0.05) is 32.7 Å². The summed E-state index contributed by atoms with van der Waals surface area (Å²) in [5.41, 5.74) is 2.12. The standard InChI is InChI=1S/C11H19ClN4/c1-4-9-11(12)10(16(3)14-9)7-15(2)8-5-13-6-8/h8,13H,4-7H2,1-3H3. The summed E-state index contributed by atoms with van der Waals surface area (Å²) in [6.07, 6.45) is 0.890. The van der Waals surface area contributed by atoms with Crippen molar-refractivity contribution in [2.75, 3.05) is 20.1 Å². The maximum Gasteiger partial charge on any atom is 0.0863 e. The molecule has 1 aromatic rings. The van der Waals surface area contributed by atoms with Gasteiger partial charge in [-0.25, -0.2) is 0 Å². The van der Waals surface area contributed by atoms with Crippen LogP contribution in [0.25, 0.3) is 0 Å². The van der Waals surface area contributed by atoms with E-state index in [9.17, 15) is 0 Å². The minimum atomic E-state index is 0.635. The van der Waals surface area contributed by atoms with Gasteiger partial charge in [-0.3, -0.25) is 9.58 Å². The Balaban J connectivity index is 2.10. The molecule has 90 valence electrons. The second-order valence-electron chi connectivity index (χ2n) is 4.41. The first kappa shape index (κ1) is 11.9. The second-order valence-corrected chi connectivity index (χ2v) is 4.79. The second kappa shape index (κ2) is 4.73. The number of rotatable bonds is 4. The number of aryl methyl sites for hydroxylation is 2. The molecule has 5 heteroatoms. The first-order valence-electron chi connectivity index (χ1n) is 5.74. The summed E-state index contributed by atoms with van der Waals surface area (Å²) >= 11 is 6.31. The van der Waals surface area contributed by atoms with Gasteiger partial charge in [-0.15, -0.1) is 0 Å². The zero-order valence-electron chi connectivity index (χ0n) is 10.1. The first-order chi connectivity index (χ1) is 7.63. The molecule has 0 unspecified atom stereocenters. The maximum absolute atomic E-state index is 6.31. The molecule has 1 aliphatic heterocycles. The zero-order valence-corrected chi connectivity index (χ0v) is 10.9. The van der Waals surface area contributed by atoms with E-state index in [2.05, 4.69) is 29.3 Å². The molecule has 0 spiro atoms. The highest BCUT2D eigenvalue weighted by atomic mass is 35.5. The number of nitrogens with zero attached hydrogens (tertiary/aromatic N) is 3. The Labute approximate surface area is 102 Å². The van der Waals surface area contributed by atoms with Crippen molar-refractivity contribution >= 4 is 11.6 Å². The quantitative estimate of drug-likeness (QED) is 0.857. The average molecular weight is 243 g/mol. The number of hydrogen-bond acceptors (Lipinski definition) is 3. The number of nitrogens with one attached hydrogen (secondary N) is 1. The number of likely N-dealkylation sites (N-methyl/N-ethyl adjacent to an activating group) is 1. The van der Waals surface area contributed by atoms with Gasteiger partial charge in [-0.1, -0.05) is 18.5 Å². The Bertz CT molecular complexity index is 370. The Morgan fingerprint density at radius 1 is 1.56 bits per heavy atom. The molecule has 0 amide bonds. The first-order valence-corrected chi connectivity index (χ1v) is 6.12. The zero-order chi connectivity index (χ0) is 11.7. The highest BCUT2D eigenvalue weighted by molar-refractivity contribution is 6.31. The van der Waals surface area contributed by atoms with Gasteiger partial charge in [0.15, 0.2) is 0 Å². The van der Waals surface area contributed by atoms with Gasteiger partial charge in [0.05, 0.1) is 16.4 Å². The van der Waals surface area contributed by atoms with E-state index in [0.29, 0.717) is 6.04 Å². The van der Waals surface area contributed by atoms with Gasteiger partial charge >= 0.3 is 0 Å². The highest BCUT2D eigenvalue weighted by Gasteiger charge is 2.23. The molecular weight excluding hydrogens is 224 g/mol. The summed E-state index contributed by atoms with van der Waals surface area (Å²) in [6, 6.07) is 0.635. The van der Waals surface area contributed by atoms with Crippen molar-refractivity contribution in [3.05, 3.63) is 16.4 Å². The molecule has 1 N–H and O–H groups in total. The van der Waals surface area contributed by atoms with E-state index in [1.54, 1.807) is 0 Å². The van der Waals surface area contributed by atoms with Crippen LogP contribution in [0.3, 0.4) is 0 Å². The van der Waals surface area contributed by atoms with E-state index >= 15 is 0 Å². The molecule has 0 aliphatic carbocycles. The number of halogens is 1. The van der Waals surface area contributed by atoms with Crippen molar-refractivity contribution < 1.29 is 0 Å². The van der Waals surface area contributed by atoms with Gasteiger partial charge in [0.2, 0.25) is 0 Å². The lowest BCUT2D eigenvalue weighted by Gasteiger charge is -2.35. The smallest absolute Gasteiger partial charge is 0.0863 e. The molecule has 16 heavy (non-hydrogen) atoms. The van der Waals surface area contributed by atoms with E-state index < -0.39 is 0 Å². The monoisotopic (exact) mass is 242 g/mol. The lowest BCUT2D eigenvalue weighted by atomic mass is 10.1. The van der Waals surface area contributed by atoms with Crippen LogP contribution < -0.4 is 5.32 Å². The van der Waals surface area contributed by atoms with Crippen molar-refractivity contribution in [1.82, 2.24) is 20.0 Å². The number of aromatic nitrogens is 2. The summed E-state index contributed by atoms with van der Waals surface area (Å²) in [5, 5.41) is 8.54. The molecule has 1 fully saturated rings. The van der Waals surface area contributed by atoms with Gasteiger partial charge < -0.3 is 5.32 Å². The van der Waals surface area contributed by atoms with Crippen LogP contribution in [0.4, 0.5) is 0 Å². The summed E-state index contributed by atoms with van der Waals surface area (Å²) in [6.45, 7) is 5.10. The minimum absolute atomic E-state index is 0.635. The van der Waals surface area contributed by atoms with E-state index in [1.165, 1.54) is 0 Å². The molecule has 2 heterocycles. The van der Waals surface area contributed by atoms with Gasteiger partial charge in [0.1, 0.15) is 0 Å². The van der Waals surface area contributed by atoms with Crippen LogP contribution in [0, 0.1) is 0 Å². The molecule has 0 saturated carbocycles. The van der Waals surface area contributed by atoms with Crippen molar-refractivity contribution in [3.8, 4) is 0 Å². The fraction of sp³-hybridized carbons (Fsp3) is 0.727. The van der Waals surface area contributed by atoms with Gasteiger partial charge in [0.25, 0.3) is 0 Å². The van der Waals surface area contributed by atoms with Crippen LogP contribution in [-0.2, 0) is 20.0 Å².